The largest absolute Gasteiger partial charge is 0.489 e. The molecule has 0 aliphatic rings. The molecule has 1 aromatic heterocycles. The fourth-order valence-corrected chi connectivity index (χ4v) is 2.76. The first-order chi connectivity index (χ1) is 14.9. The number of ether oxygens (including phenoxy) is 2. The first kappa shape index (κ1) is 21.6. The highest BCUT2D eigenvalue weighted by molar-refractivity contribution is 5.98. The molecule has 0 unspecified atom stereocenters. The second kappa shape index (κ2) is 9.59. The molecule has 0 aliphatic heterocycles. The second-order valence-corrected chi connectivity index (χ2v) is 6.81. The number of nitrogens with zero attached hydrogens (tertiary/aromatic N) is 2. The maximum atomic E-state index is 12.4. The van der Waals surface area contributed by atoms with Crippen molar-refractivity contribution in [3.8, 4) is 11.8 Å². The predicted octanol–water partition coefficient (Wildman–Crippen LogP) is 3.93. The van der Waals surface area contributed by atoms with E-state index in [1.807, 2.05) is 19.9 Å². The molecular weight excluding hydrogens is 398 g/mol. The number of benzene rings is 2. The van der Waals surface area contributed by atoms with Crippen molar-refractivity contribution in [1.82, 2.24) is 5.16 Å². The van der Waals surface area contributed by atoms with E-state index in [-0.39, 0.29) is 5.56 Å². The monoisotopic (exact) mass is 419 g/mol. The van der Waals surface area contributed by atoms with Crippen molar-refractivity contribution < 1.29 is 23.6 Å². The van der Waals surface area contributed by atoms with Gasteiger partial charge in [-0.1, -0.05) is 17.3 Å². The van der Waals surface area contributed by atoms with E-state index in [9.17, 15) is 9.59 Å². The molecule has 0 spiro atoms. The summed E-state index contributed by atoms with van der Waals surface area (Å²) in [6, 6.07) is 15.0. The number of esters is 1. The van der Waals surface area contributed by atoms with Gasteiger partial charge in [0.1, 0.15) is 24.2 Å². The first-order valence-corrected chi connectivity index (χ1v) is 9.54. The maximum absolute atomic E-state index is 12.4. The number of rotatable bonds is 7. The SMILES string of the molecule is Cc1noc(C)c1COc1ccc(C(=O)O[C@@H](C)C(=O)Nc2ccccc2C#N)cc1. The number of nitrogens with one attached hydrogen (secondary N) is 1. The molecule has 1 heterocycles. The molecule has 158 valence electrons. The zero-order valence-electron chi connectivity index (χ0n) is 17.3. The minimum absolute atomic E-state index is 0.279. The van der Waals surface area contributed by atoms with Crippen molar-refractivity contribution in [2.24, 2.45) is 0 Å². The molecule has 3 rings (SSSR count). The summed E-state index contributed by atoms with van der Waals surface area (Å²) >= 11 is 0. The molecule has 8 heteroatoms. The van der Waals surface area contributed by atoms with Crippen LogP contribution in [-0.2, 0) is 16.1 Å². The lowest BCUT2D eigenvalue weighted by Crippen LogP contribution is -2.30. The van der Waals surface area contributed by atoms with Crippen LogP contribution in [0.3, 0.4) is 0 Å². The normalized spacial score (nSPS) is 11.3. The van der Waals surface area contributed by atoms with Gasteiger partial charge in [-0.25, -0.2) is 4.79 Å². The zero-order valence-corrected chi connectivity index (χ0v) is 17.3. The van der Waals surface area contributed by atoms with Gasteiger partial charge < -0.3 is 19.3 Å². The highest BCUT2D eigenvalue weighted by Crippen LogP contribution is 2.19. The van der Waals surface area contributed by atoms with E-state index in [4.69, 9.17) is 19.3 Å². The topological polar surface area (TPSA) is 114 Å². The van der Waals surface area contributed by atoms with Gasteiger partial charge in [-0.3, -0.25) is 4.79 Å². The minimum atomic E-state index is -1.05. The van der Waals surface area contributed by atoms with Crippen LogP contribution in [0.4, 0.5) is 5.69 Å². The molecule has 1 atom stereocenters. The molecule has 31 heavy (non-hydrogen) atoms. The second-order valence-electron chi connectivity index (χ2n) is 6.81. The van der Waals surface area contributed by atoms with Gasteiger partial charge in [0.2, 0.25) is 0 Å². The van der Waals surface area contributed by atoms with Crippen molar-refractivity contribution in [3.63, 3.8) is 0 Å². The zero-order chi connectivity index (χ0) is 22.4. The average molecular weight is 419 g/mol. The van der Waals surface area contributed by atoms with E-state index < -0.39 is 18.0 Å². The van der Waals surface area contributed by atoms with Crippen LogP contribution < -0.4 is 10.1 Å². The van der Waals surface area contributed by atoms with Crippen LogP contribution in [0.1, 0.15) is 39.9 Å². The number of anilines is 1. The number of hydrogen-bond donors (Lipinski definition) is 1. The third-order valence-electron chi connectivity index (χ3n) is 4.61. The Balaban J connectivity index is 1.56. The van der Waals surface area contributed by atoms with Crippen molar-refractivity contribution in [3.05, 3.63) is 76.7 Å². The summed E-state index contributed by atoms with van der Waals surface area (Å²) in [6.45, 7) is 5.41. The Bertz CT molecular complexity index is 1110. The summed E-state index contributed by atoms with van der Waals surface area (Å²) in [5.74, 6) is 0.0850. The Hall–Kier alpha value is -4.12. The molecule has 0 saturated heterocycles. The van der Waals surface area contributed by atoms with Crippen LogP contribution in [0.15, 0.2) is 53.1 Å². The van der Waals surface area contributed by atoms with Gasteiger partial charge in [0.15, 0.2) is 6.10 Å². The van der Waals surface area contributed by atoms with Gasteiger partial charge in [-0.15, -0.1) is 0 Å². The molecule has 8 nitrogen and oxygen atoms in total. The fraction of sp³-hybridized carbons (Fsp3) is 0.217. The third kappa shape index (κ3) is 5.28. The van der Waals surface area contributed by atoms with Crippen LogP contribution in [0, 0.1) is 25.2 Å². The lowest BCUT2D eigenvalue weighted by Gasteiger charge is -2.14. The van der Waals surface area contributed by atoms with E-state index in [0.29, 0.717) is 29.4 Å². The smallest absolute Gasteiger partial charge is 0.338 e. The van der Waals surface area contributed by atoms with E-state index >= 15 is 0 Å². The standard InChI is InChI=1S/C23H21N3O5/c1-14-20(15(2)31-26-14)13-29-19-10-8-17(9-11-19)23(28)30-16(3)22(27)25-21-7-5-4-6-18(21)12-24/h4-11,16H,13H2,1-3H3,(H,25,27)/t16-/m0/s1. The maximum Gasteiger partial charge on any atom is 0.338 e. The lowest BCUT2D eigenvalue weighted by atomic mass is 10.2. The molecule has 1 amide bonds. The minimum Gasteiger partial charge on any atom is -0.489 e. The number of hydrogen-bond acceptors (Lipinski definition) is 7. The molecule has 0 fully saturated rings. The molecule has 0 bridgehead atoms. The van der Waals surface area contributed by atoms with E-state index in [1.54, 1.807) is 48.5 Å². The van der Waals surface area contributed by atoms with Crippen molar-refractivity contribution in [2.75, 3.05) is 5.32 Å². The summed E-state index contributed by atoms with van der Waals surface area (Å²) in [5.41, 5.74) is 2.60. The highest BCUT2D eigenvalue weighted by Gasteiger charge is 2.20. The molecule has 0 saturated carbocycles. The van der Waals surface area contributed by atoms with Crippen molar-refractivity contribution >= 4 is 17.6 Å². The summed E-state index contributed by atoms with van der Waals surface area (Å²) in [7, 11) is 0. The Morgan fingerprint density at radius 1 is 1.16 bits per heavy atom. The number of amides is 1. The Kier molecular flexibility index (Phi) is 6.67. The van der Waals surface area contributed by atoms with Crippen molar-refractivity contribution in [2.45, 2.75) is 33.5 Å². The van der Waals surface area contributed by atoms with Gasteiger partial charge in [0, 0.05) is 0 Å². The number of carbonyl (C=O) groups excluding carboxylic acids is 2. The van der Waals surface area contributed by atoms with Crippen molar-refractivity contribution in [1.29, 1.82) is 5.26 Å². The number of aryl methyl sites for hydroxylation is 2. The molecule has 0 aliphatic carbocycles. The Morgan fingerprint density at radius 2 is 1.87 bits per heavy atom. The summed E-state index contributed by atoms with van der Waals surface area (Å²) in [5, 5.41) is 15.6. The number of carbonyl (C=O) groups is 2. The van der Waals surface area contributed by atoms with Gasteiger partial charge in [-0.05, 0) is 57.2 Å². The van der Waals surface area contributed by atoms with E-state index in [2.05, 4.69) is 10.5 Å². The van der Waals surface area contributed by atoms with Gasteiger partial charge >= 0.3 is 5.97 Å². The van der Waals surface area contributed by atoms with Gasteiger partial charge in [0.05, 0.1) is 28.1 Å². The van der Waals surface area contributed by atoms with Crippen LogP contribution in [0.5, 0.6) is 5.75 Å². The Morgan fingerprint density at radius 3 is 2.52 bits per heavy atom. The van der Waals surface area contributed by atoms with Crippen LogP contribution in [0.25, 0.3) is 0 Å². The lowest BCUT2D eigenvalue weighted by molar-refractivity contribution is -0.123. The highest BCUT2D eigenvalue weighted by atomic mass is 16.5. The van der Waals surface area contributed by atoms with Crippen LogP contribution >= 0.6 is 0 Å². The molecule has 2 aromatic carbocycles. The fourth-order valence-electron chi connectivity index (χ4n) is 2.76. The molecule has 0 radical (unpaired) electrons. The quantitative estimate of drug-likeness (QED) is 0.577. The predicted molar refractivity (Wildman–Crippen MR) is 111 cm³/mol. The first-order valence-electron chi connectivity index (χ1n) is 9.54. The summed E-state index contributed by atoms with van der Waals surface area (Å²) in [6.07, 6.45) is -1.05. The molecule has 3 aromatic rings. The number of para-hydroxylation sites is 1. The van der Waals surface area contributed by atoms with Crippen LogP contribution in [-0.4, -0.2) is 23.1 Å². The average Bonchev–Trinajstić information content (AvgIpc) is 3.10. The number of aromatic nitrogens is 1. The van der Waals surface area contributed by atoms with Gasteiger partial charge in [0.25, 0.3) is 5.91 Å². The van der Waals surface area contributed by atoms with E-state index in [1.165, 1.54) is 6.92 Å². The molecular formula is C23H21N3O5. The van der Waals surface area contributed by atoms with Crippen LogP contribution in [0.2, 0.25) is 0 Å². The van der Waals surface area contributed by atoms with Gasteiger partial charge in [-0.2, -0.15) is 5.26 Å². The molecule has 1 N–H and O–H groups in total. The summed E-state index contributed by atoms with van der Waals surface area (Å²) in [4.78, 5) is 24.7. The van der Waals surface area contributed by atoms with E-state index in [0.717, 1.165) is 11.3 Å². The third-order valence-corrected chi connectivity index (χ3v) is 4.61. The number of nitriles is 1. The Labute approximate surface area is 179 Å². The summed E-state index contributed by atoms with van der Waals surface area (Å²) < 4.78 is 16.1.